The van der Waals surface area contributed by atoms with Crippen LogP contribution in [0.15, 0.2) is 69.7 Å². The molecule has 1 aromatic heterocycles. The normalized spacial score (nSPS) is 14.9. The summed E-state index contributed by atoms with van der Waals surface area (Å²) in [4.78, 5) is 17.5. The Bertz CT molecular complexity index is 1500. The highest BCUT2D eigenvalue weighted by atomic mass is 16.5. The third-order valence-corrected chi connectivity index (χ3v) is 6.23. The molecule has 2 aromatic carbocycles. The smallest absolute Gasteiger partial charge is 0.338 e. The Labute approximate surface area is 226 Å². The first-order chi connectivity index (χ1) is 18.8. The molecule has 2 heterocycles. The zero-order chi connectivity index (χ0) is 28.1. The van der Waals surface area contributed by atoms with E-state index in [-0.39, 0.29) is 36.0 Å². The molecule has 0 radical (unpaired) electrons. The van der Waals surface area contributed by atoms with Gasteiger partial charge in [-0.1, -0.05) is 18.2 Å². The molecule has 0 saturated carbocycles. The number of carbonyl (C=O) groups is 1. The highest BCUT2D eigenvalue weighted by Gasteiger charge is 2.37. The van der Waals surface area contributed by atoms with Gasteiger partial charge in [0.2, 0.25) is 11.8 Å². The fourth-order valence-corrected chi connectivity index (χ4v) is 4.32. The van der Waals surface area contributed by atoms with Crippen LogP contribution in [0.3, 0.4) is 0 Å². The van der Waals surface area contributed by atoms with Crippen molar-refractivity contribution in [2.75, 3.05) is 20.8 Å². The minimum Gasteiger partial charge on any atom is -0.497 e. The Hall–Kier alpha value is -4.91. The summed E-state index contributed by atoms with van der Waals surface area (Å²) < 4.78 is 33.7. The first-order valence-corrected chi connectivity index (χ1v) is 12.2. The minimum absolute atomic E-state index is 0.0559. The number of hydrogen-bond donors (Lipinski definition) is 1. The van der Waals surface area contributed by atoms with Crippen LogP contribution >= 0.6 is 0 Å². The predicted molar refractivity (Wildman–Crippen MR) is 141 cm³/mol. The van der Waals surface area contributed by atoms with Crippen molar-refractivity contribution in [2.24, 2.45) is 5.73 Å². The zero-order valence-electron chi connectivity index (χ0n) is 22.4. The summed E-state index contributed by atoms with van der Waals surface area (Å²) >= 11 is 0. The van der Waals surface area contributed by atoms with E-state index in [2.05, 4.69) is 11.1 Å². The number of aromatic nitrogens is 1. The number of allylic oxidation sites excluding steroid dienone is 2. The lowest BCUT2D eigenvalue weighted by atomic mass is 9.82. The summed E-state index contributed by atoms with van der Waals surface area (Å²) in [5.41, 5.74) is 8.07. The van der Waals surface area contributed by atoms with Crippen LogP contribution in [0.2, 0.25) is 0 Å². The first-order valence-electron chi connectivity index (χ1n) is 12.2. The number of oxazole rings is 1. The zero-order valence-corrected chi connectivity index (χ0v) is 22.4. The molecule has 39 heavy (non-hydrogen) atoms. The van der Waals surface area contributed by atoms with Gasteiger partial charge in [0.05, 0.1) is 37.9 Å². The van der Waals surface area contributed by atoms with Crippen molar-refractivity contribution in [1.29, 1.82) is 5.26 Å². The fraction of sp³-hybridized carbons (Fsp3) is 0.276. The molecule has 1 aliphatic rings. The highest BCUT2D eigenvalue weighted by molar-refractivity contribution is 5.92. The van der Waals surface area contributed by atoms with Crippen molar-refractivity contribution < 1.29 is 32.9 Å². The summed E-state index contributed by atoms with van der Waals surface area (Å²) in [6, 6.07) is 14.5. The monoisotopic (exact) mass is 531 g/mol. The molecule has 1 aliphatic heterocycles. The Balaban J connectivity index is 1.69. The number of methoxy groups -OCH3 is 2. The Kier molecular flexibility index (Phi) is 8.10. The van der Waals surface area contributed by atoms with Crippen molar-refractivity contribution in [1.82, 2.24) is 4.98 Å². The van der Waals surface area contributed by atoms with Crippen molar-refractivity contribution in [2.45, 2.75) is 33.3 Å². The SMILES string of the molecule is CCOC(=O)C1=C(C)OC(N)=C(C#N)C1c1ccccc1OCc1nc(-c2cc(OC)ccc2OC)oc1C. The quantitative estimate of drug-likeness (QED) is 0.380. The number of carbonyl (C=O) groups excluding carboxylic acids is 1. The molecule has 3 aromatic rings. The van der Waals surface area contributed by atoms with E-state index < -0.39 is 11.9 Å². The largest absolute Gasteiger partial charge is 0.497 e. The second kappa shape index (κ2) is 11.6. The molecule has 2 N–H and O–H groups in total. The summed E-state index contributed by atoms with van der Waals surface area (Å²) in [5, 5.41) is 9.91. The fourth-order valence-electron chi connectivity index (χ4n) is 4.32. The first kappa shape index (κ1) is 27.1. The van der Waals surface area contributed by atoms with Crippen LogP contribution in [0.1, 0.15) is 36.8 Å². The maximum atomic E-state index is 12.9. The van der Waals surface area contributed by atoms with Gasteiger partial charge >= 0.3 is 5.97 Å². The van der Waals surface area contributed by atoms with Gasteiger partial charge in [-0.15, -0.1) is 0 Å². The van der Waals surface area contributed by atoms with Crippen molar-refractivity contribution in [3.63, 3.8) is 0 Å². The van der Waals surface area contributed by atoms with Gasteiger partial charge in [-0.25, -0.2) is 9.78 Å². The van der Waals surface area contributed by atoms with Gasteiger partial charge in [-0.05, 0) is 45.0 Å². The molecule has 1 atom stereocenters. The van der Waals surface area contributed by atoms with E-state index in [0.717, 1.165) is 0 Å². The van der Waals surface area contributed by atoms with E-state index >= 15 is 0 Å². The van der Waals surface area contributed by atoms with Gasteiger partial charge in [0.15, 0.2) is 0 Å². The maximum absolute atomic E-state index is 12.9. The second-order valence-corrected chi connectivity index (χ2v) is 8.53. The standard InChI is InChI=1S/C29H29N3O7/c1-6-36-29(33)25-17(3)38-27(31)21(14-30)26(25)19-9-7-8-10-24(19)37-15-22-16(2)39-28(32-22)20-13-18(34-4)11-12-23(20)35-5/h7-13,26H,6,15,31H2,1-5H3. The van der Waals surface area contributed by atoms with Crippen LogP contribution in [0.5, 0.6) is 17.2 Å². The highest BCUT2D eigenvalue weighted by Crippen LogP contribution is 2.43. The van der Waals surface area contributed by atoms with Crippen molar-refractivity contribution in [3.8, 4) is 34.8 Å². The molecule has 1 unspecified atom stereocenters. The lowest BCUT2D eigenvalue weighted by Crippen LogP contribution is -2.26. The summed E-state index contributed by atoms with van der Waals surface area (Å²) in [5.74, 6) is 1.30. The molecule has 4 rings (SSSR count). The van der Waals surface area contributed by atoms with Crippen molar-refractivity contribution >= 4 is 5.97 Å². The number of aryl methyl sites for hydroxylation is 1. The Morgan fingerprint density at radius 3 is 2.59 bits per heavy atom. The molecule has 0 fully saturated rings. The third-order valence-electron chi connectivity index (χ3n) is 6.23. The number of rotatable bonds is 9. The van der Waals surface area contributed by atoms with Crippen LogP contribution in [0.25, 0.3) is 11.5 Å². The van der Waals surface area contributed by atoms with Gasteiger partial charge in [0.1, 0.15) is 52.7 Å². The number of benzene rings is 2. The Morgan fingerprint density at radius 2 is 1.90 bits per heavy atom. The second-order valence-electron chi connectivity index (χ2n) is 8.53. The summed E-state index contributed by atoms with van der Waals surface area (Å²) in [6.07, 6.45) is 0. The van der Waals surface area contributed by atoms with Gasteiger partial charge in [0.25, 0.3) is 0 Å². The number of nitriles is 1. The van der Waals surface area contributed by atoms with Crippen LogP contribution < -0.4 is 19.9 Å². The molecular formula is C29H29N3O7. The molecule has 0 saturated heterocycles. The third kappa shape index (κ3) is 5.38. The predicted octanol–water partition coefficient (Wildman–Crippen LogP) is 4.89. The average Bonchev–Trinajstić information content (AvgIpc) is 3.31. The minimum atomic E-state index is -0.839. The van der Waals surface area contributed by atoms with E-state index in [9.17, 15) is 10.1 Å². The maximum Gasteiger partial charge on any atom is 0.338 e. The topological polar surface area (TPSA) is 139 Å². The van der Waals surface area contributed by atoms with Gasteiger partial charge < -0.3 is 33.8 Å². The van der Waals surface area contributed by atoms with Gasteiger partial charge in [-0.3, -0.25) is 0 Å². The molecule has 0 amide bonds. The van der Waals surface area contributed by atoms with E-state index in [1.807, 2.05) is 0 Å². The van der Waals surface area contributed by atoms with E-state index in [0.29, 0.717) is 45.7 Å². The number of hydrogen-bond acceptors (Lipinski definition) is 10. The lowest BCUT2D eigenvalue weighted by Gasteiger charge is -2.28. The van der Waals surface area contributed by atoms with E-state index in [1.54, 1.807) is 77.5 Å². The average molecular weight is 532 g/mol. The van der Waals surface area contributed by atoms with Crippen molar-refractivity contribution in [3.05, 3.63) is 82.3 Å². The number of nitrogens with zero attached hydrogens (tertiary/aromatic N) is 2. The summed E-state index contributed by atoms with van der Waals surface area (Å²) in [6.45, 7) is 5.31. The number of ether oxygens (including phenoxy) is 5. The molecule has 10 nitrogen and oxygen atoms in total. The molecule has 0 spiro atoms. The summed E-state index contributed by atoms with van der Waals surface area (Å²) in [7, 11) is 3.14. The lowest BCUT2D eigenvalue weighted by molar-refractivity contribution is -0.139. The molecule has 0 aliphatic carbocycles. The van der Waals surface area contributed by atoms with Crippen LogP contribution in [0, 0.1) is 18.3 Å². The van der Waals surface area contributed by atoms with Gasteiger partial charge in [-0.2, -0.15) is 5.26 Å². The van der Waals surface area contributed by atoms with Crippen LogP contribution in [-0.4, -0.2) is 31.8 Å². The number of esters is 1. The molecular weight excluding hydrogens is 502 g/mol. The molecule has 10 heteroatoms. The number of nitrogens with two attached hydrogens (primary N) is 1. The van der Waals surface area contributed by atoms with Crippen LogP contribution in [-0.2, 0) is 20.9 Å². The molecule has 0 bridgehead atoms. The van der Waals surface area contributed by atoms with E-state index in [1.165, 1.54) is 0 Å². The van der Waals surface area contributed by atoms with Crippen LogP contribution in [0.4, 0.5) is 0 Å². The van der Waals surface area contributed by atoms with E-state index in [4.69, 9.17) is 33.8 Å². The molecule has 202 valence electrons. The van der Waals surface area contributed by atoms with Gasteiger partial charge in [0, 0.05) is 5.56 Å². The Morgan fingerprint density at radius 1 is 1.13 bits per heavy atom. The number of para-hydroxylation sites is 1.